The second kappa shape index (κ2) is 16.9. The van der Waals surface area contributed by atoms with Crippen molar-refractivity contribution in [3.63, 3.8) is 0 Å². The number of esters is 1. The van der Waals surface area contributed by atoms with Crippen molar-refractivity contribution in [1.29, 1.82) is 0 Å². The molecule has 7 aromatic carbocycles. The molecule has 1 aliphatic rings. The third kappa shape index (κ3) is 7.35. The maximum Gasteiger partial charge on any atom is 0.343 e. The number of anilines is 3. The summed E-state index contributed by atoms with van der Waals surface area (Å²) < 4.78 is 5.95. The molecule has 0 N–H and O–H groups in total. The molecule has 58 heavy (non-hydrogen) atoms. The molecule has 1 aliphatic carbocycles. The van der Waals surface area contributed by atoms with Crippen LogP contribution in [0.15, 0.2) is 152 Å². The van der Waals surface area contributed by atoms with Crippen LogP contribution in [0.1, 0.15) is 112 Å². The molecule has 3 heteroatoms. The summed E-state index contributed by atoms with van der Waals surface area (Å²) in [6, 6.07) is 53.9. The molecule has 0 radical (unpaired) electrons. The maximum atomic E-state index is 13.6. The van der Waals surface area contributed by atoms with E-state index in [4.69, 9.17) is 4.74 Å². The first-order chi connectivity index (χ1) is 28.3. The number of fused-ring (bicyclic) bond motifs is 4. The topological polar surface area (TPSA) is 29.5 Å². The maximum absolute atomic E-state index is 13.6. The molecule has 0 fully saturated rings. The normalized spacial score (nSPS) is 12.7. The molecule has 3 nitrogen and oxygen atoms in total. The van der Waals surface area contributed by atoms with E-state index >= 15 is 0 Å². The van der Waals surface area contributed by atoms with Gasteiger partial charge in [-0.05, 0) is 130 Å². The van der Waals surface area contributed by atoms with Crippen molar-refractivity contribution in [2.45, 2.75) is 90.9 Å². The summed E-state index contributed by atoms with van der Waals surface area (Å²) in [5, 5.41) is 2.36. The zero-order valence-electron chi connectivity index (χ0n) is 34.7. The number of benzene rings is 7. The van der Waals surface area contributed by atoms with Crippen LogP contribution < -0.4 is 9.64 Å². The van der Waals surface area contributed by atoms with E-state index in [0.717, 1.165) is 41.9 Å². The van der Waals surface area contributed by atoms with Crippen molar-refractivity contribution in [3.05, 3.63) is 179 Å². The smallest absolute Gasteiger partial charge is 0.343 e. The molecular weight excluding hydrogens is 707 g/mol. The van der Waals surface area contributed by atoms with E-state index < -0.39 is 0 Å². The van der Waals surface area contributed by atoms with E-state index in [-0.39, 0.29) is 11.4 Å². The lowest BCUT2D eigenvalue weighted by Crippen LogP contribution is -2.25. The summed E-state index contributed by atoms with van der Waals surface area (Å²) in [5.74, 6) is 0.605. The second-order valence-corrected chi connectivity index (χ2v) is 16.3. The Labute approximate surface area is 345 Å². The van der Waals surface area contributed by atoms with Gasteiger partial charge in [0.2, 0.25) is 0 Å². The molecule has 0 atom stereocenters. The Morgan fingerprint density at radius 3 is 2.02 bits per heavy atom. The number of ether oxygens (including phenoxy) is 1. The SMILES string of the molecule is CCCCC1(CCCC)c2ccccc2-c2ccc(N(c3ccc(C(=O)Oc4ccc(-c5cc(C(C)C)ccc5CC)cc4)cc3)c3cccc4ccccc34)cc21. The average Bonchev–Trinajstić information content (AvgIpc) is 3.54. The van der Waals surface area contributed by atoms with E-state index in [1.807, 2.05) is 24.3 Å². The Morgan fingerprint density at radius 1 is 0.621 bits per heavy atom. The third-order valence-electron chi connectivity index (χ3n) is 12.4. The van der Waals surface area contributed by atoms with Gasteiger partial charge >= 0.3 is 5.97 Å². The quantitative estimate of drug-likeness (QED) is 0.0816. The van der Waals surface area contributed by atoms with Crippen LogP contribution in [0, 0.1) is 0 Å². The van der Waals surface area contributed by atoms with Gasteiger partial charge in [-0.15, -0.1) is 0 Å². The minimum absolute atomic E-state index is 0.0272. The van der Waals surface area contributed by atoms with Gasteiger partial charge in [0, 0.05) is 22.2 Å². The van der Waals surface area contributed by atoms with Crippen molar-refractivity contribution in [1.82, 2.24) is 0 Å². The number of rotatable bonds is 14. The predicted octanol–water partition coefficient (Wildman–Crippen LogP) is 15.5. The number of nitrogens with zero attached hydrogens (tertiary/aromatic N) is 1. The zero-order valence-corrected chi connectivity index (χ0v) is 34.7. The number of hydrogen-bond donors (Lipinski definition) is 0. The highest BCUT2D eigenvalue weighted by Gasteiger charge is 2.42. The first-order valence-electron chi connectivity index (χ1n) is 21.4. The number of aryl methyl sites for hydroxylation is 1. The fourth-order valence-electron chi connectivity index (χ4n) is 9.18. The van der Waals surface area contributed by atoms with Gasteiger partial charge in [0.05, 0.1) is 11.3 Å². The molecule has 0 unspecified atom stereocenters. The Hall–Kier alpha value is -5.93. The van der Waals surface area contributed by atoms with Gasteiger partial charge < -0.3 is 9.64 Å². The number of carbonyl (C=O) groups excluding carboxylic acids is 1. The van der Waals surface area contributed by atoms with Crippen molar-refractivity contribution in [3.8, 4) is 28.0 Å². The van der Waals surface area contributed by atoms with Crippen LogP contribution in [0.2, 0.25) is 0 Å². The van der Waals surface area contributed by atoms with Crippen LogP contribution in [-0.2, 0) is 11.8 Å². The lowest BCUT2D eigenvalue weighted by Gasteiger charge is -2.34. The first kappa shape index (κ1) is 38.9. The van der Waals surface area contributed by atoms with E-state index in [1.54, 1.807) is 0 Å². The highest BCUT2D eigenvalue weighted by Crippen LogP contribution is 2.55. The molecular formula is C55H55NO2. The highest BCUT2D eigenvalue weighted by atomic mass is 16.5. The summed E-state index contributed by atoms with van der Waals surface area (Å²) >= 11 is 0. The van der Waals surface area contributed by atoms with E-state index in [1.165, 1.54) is 75.4 Å². The Balaban J connectivity index is 1.14. The Kier molecular flexibility index (Phi) is 11.3. The number of unbranched alkanes of at least 4 members (excludes halogenated alkanes) is 2. The lowest BCUT2D eigenvalue weighted by atomic mass is 9.71. The minimum Gasteiger partial charge on any atom is -0.423 e. The number of carbonyl (C=O) groups is 1. The van der Waals surface area contributed by atoms with Crippen LogP contribution in [0.4, 0.5) is 17.1 Å². The average molecular weight is 762 g/mol. The van der Waals surface area contributed by atoms with Gasteiger partial charge in [-0.3, -0.25) is 0 Å². The molecule has 0 spiro atoms. The van der Waals surface area contributed by atoms with Gasteiger partial charge in [0.1, 0.15) is 5.75 Å². The molecule has 0 amide bonds. The molecule has 0 heterocycles. The zero-order chi connectivity index (χ0) is 40.2. The Bertz CT molecular complexity index is 2530. The van der Waals surface area contributed by atoms with Crippen molar-refractivity contribution in [2.24, 2.45) is 0 Å². The van der Waals surface area contributed by atoms with E-state index in [2.05, 4.69) is 167 Å². The van der Waals surface area contributed by atoms with Crippen molar-refractivity contribution < 1.29 is 9.53 Å². The van der Waals surface area contributed by atoms with Crippen LogP contribution >= 0.6 is 0 Å². The predicted molar refractivity (Wildman–Crippen MR) is 244 cm³/mol. The fraction of sp³-hybridized carbons (Fsp3) is 0.255. The van der Waals surface area contributed by atoms with Crippen molar-refractivity contribution in [2.75, 3.05) is 4.90 Å². The summed E-state index contributed by atoms with van der Waals surface area (Å²) in [7, 11) is 0. The summed E-state index contributed by atoms with van der Waals surface area (Å²) in [6.45, 7) is 11.2. The van der Waals surface area contributed by atoms with Crippen molar-refractivity contribution >= 4 is 33.8 Å². The molecule has 8 rings (SSSR count). The molecule has 0 saturated carbocycles. The highest BCUT2D eigenvalue weighted by molar-refractivity contribution is 6.00. The molecule has 292 valence electrons. The largest absolute Gasteiger partial charge is 0.423 e. The molecule has 7 aromatic rings. The van der Waals surface area contributed by atoms with Gasteiger partial charge in [-0.2, -0.15) is 0 Å². The standard InChI is InChI=1S/C55H55NO2/c1-6-9-34-55(35-10-7-2)51-20-14-13-19-48(51)49-33-30-45(37-52(49)55)56(53-21-15-17-40-16-11-12-18-47(40)53)44-28-24-42(25-29-44)54(57)58-46-31-26-41(27-32-46)50-36-43(38(4)5)23-22-39(50)8-3/h11-33,36-38H,6-10,34-35H2,1-5H3. The third-order valence-corrected chi connectivity index (χ3v) is 12.4. The van der Waals surface area contributed by atoms with Gasteiger partial charge in [0.25, 0.3) is 0 Å². The molecule has 0 aliphatic heterocycles. The fourth-order valence-corrected chi connectivity index (χ4v) is 9.18. The second-order valence-electron chi connectivity index (χ2n) is 16.3. The van der Waals surface area contributed by atoms with Gasteiger partial charge in [-0.1, -0.05) is 157 Å². The van der Waals surface area contributed by atoms with Gasteiger partial charge in [0.15, 0.2) is 0 Å². The lowest BCUT2D eigenvalue weighted by molar-refractivity contribution is 0.0735. The van der Waals surface area contributed by atoms with Crippen LogP contribution in [0.3, 0.4) is 0 Å². The van der Waals surface area contributed by atoms with E-state index in [9.17, 15) is 4.79 Å². The molecule has 0 aromatic heterocycles. The van der Waals surface area contributed by atoms with Crippen LogP contribution in [0.25, 0.3) is 33.0 Å². The van der Waals surface area contributed by atoms with Crippen LogP contribution in [0.5, 0.6) is 5.75 Å². The number of hydrogen-bond acceptors (Lipinski definition) is 3. The summed E-state index contributed by atoms with van der Waals surface area (Å²) in [4.78, 5) is 16.0. The summed E-state index contributed by atoms with van der Waals surface area (Å²) in [5.41, 5.74) is 14.3. The molecule has 0 bridgehead atoms. The van der Waals surface area contributed by atoms with E-state index in [0.29, 0.717) is 17.2 Å². The Morgan fingerprint density at radius 2 is 1.29 bits per heavy atom. The summed E-state index contributed by atoms with van der Waals surface area (Å²) in [6.07, 6.45) is 7.92. The molecule has 0 saturated heterocycles. The monoisotopic (exact) mass is 761 g/mol. The van der Waals surface area contributed by atoms with Crippen LogP contribution in [-0.4, -0.2) is 5.97 Å². The van der Waals surface area contributed by atoms with Gasteiger partial charge in [-0.25, -0.2) is 4.79 Å². The first-order valence-corrected chi connectivity index (χ1v) is 21.4. The minimum atomic E-state index is -0.376.